The number of rotatable bonds is 5. The van der Waals surface area contributed by atoms with Crippen molar-refractivity contribution in [2.45, 2.75) is 6.92 Å². The SMILES string of the molecule is CC(=O)N(CCNC(=O)c1ccc2c(c1)OCO2)c1c(Cl)cccc1Cl. The molecule has 0 saturated carbocycles. The number of para-hydroxylation sites is 1. The van der Waals surface area contributed by atoms with Gasteiger partial charge in [0.15, 0.2) is 11.5 Å². The zero-order valence-electron chi connectivity index (χ0n) is 13.9. The lowest BCUT2D eigenvalue weighted by Gasteiger charge is -2.23. The number of ether oxygens (including phenoxy) is 2. The maximum absolute atomic E-state index is 12.3. The average Bonchev–Trinajstić information content (AvgIpc) is 3.07. The zero-order valence-corrected chi connectivity index (χ0v) is 15.4. The molecule has 1 N–H and O–H groups in total. The Labute approximate surface area is 160 Å². The van der Waals surface area contributed by atoms with Crippen LogP contribution >= 0.6 is 23.2 Å². The minimum atomic E-state index is -0.281. The van der Waals surface area contributed by atoms with Crippen LogP contribution < -0.4 is 19.7 Å². The molecule has 0 saturated heterocycles. The summed E-state index contributed by atoms with van der Waals surface area (Å²) in [5.74, 6) is 0.637. The number of carbonyl (C=O) groups is 2. The van der Waals surface area contributed by atoms with Crippen LogP contribution in [-0.2, 0) is 4.79 Å². The largest absolute Gasteiger partial charge is 0.454 e. The fourth-order valence-electron chi connectivity index (χ4n) is 2.59. The third-order valence-corrected chi connectivity index (χ3v) is 4.45. The summed E-state index contributed by atoms with van der Waals surface area (Å²) >= 11 is 12.3. The van der Waals surface area contributed by atoms with Gasteiger partial charge in [-0.3, -0.25) is 9.59 Å². The lowest BCUT2D eigenvalue weighted by molar-refractivity contribution is -0.116. The van der Waals surface area contributed by atoms with Gasteiger partial charge in [0.25, 0.3) is 5.91 Å². The van der Waals surface area contributed by atoms with E-state index >= 15 is 0 Å². The molecule has 2 aromatic carbocycles. The van der Waals surface area contributed by atoms with Crippen molar-refractivity contribution in [1.29, 1.82) is 0 Å². The summed E-state index contributed by atoms with van der Waals surface area (Å²) in [6.07, 6.45) is 0. The molecule has 0 aromatic heterocycles. The first kappa shape index (κ1) is 18.4. The fraction of sp³-hybridized carbons (Fsp3) is 0.222. The Morgan fingerprint density at radius 2 is 1.81 bits per heavy atom. The van der Waals surface area contributed by atoms with Gasteiger partial charge in [-0.05, 0) is 30.3 Å². The monoisotopic (exact) mass is 394 g/mol. The van der Waals surface area contributed by atoms with Crippen LogP contribution in [0.1, 0.15) is 17.3 Å². The van der Waals surface area contributed by atoms with E-state index in [9.17, 15) is 9.59 Å². The van der Waals surface area contributed by atoms with Crippen LogP contribution in [0.15, 0.2) is 36.4 Å². The van der Waals surface area contributed by atoms with Crippen LogP contribution in [-0.4, -0.2) is 31.7 Å². The van der Waals surface area contributed by atoms with Gasteiger partial charge in [-0.2, -0.15) is 0 Å². The van der Waals surface area contributed by atoms with Gasteiger partial charge >= 0.3 is 0 Å². The third kappa shape index (κ3) is 3.86. The van der Waals surface area contributed by atoms with E-state index in [1.54, 1.807) is 36.4 Å². The highest BCUT2D eigenvalue weighted by molar-refractivity contribution is 6.39. The van der Waals surface area contributed by atoms with E-state index in [1.165, 1.54) is 11.8 Å². The molecule has 8 heteroatoms. The Kier molecular flexibility index (Phi) is 5.54. The second-order valence-electron chi connectivity index (χ2n) is 5.56. The molecule has 0 aliphatic carbocycles. The van der Waals surface area contributed by atoms with Crippen molar-refractivity contribution in [1.82, 2.24) is 5.32 Å². The topological polar surface area (TPSA) is 67.9 Å². The molecule has 3 rings (SSSR count). The van der Waals surface area contributed by atoms with Crippen molar-refractivity contribution >= 4 is 40.7 Å². The van der Waals surface area contributed by atoms with Crippen molar-refractivity contribution in [2.24, 2.45) is 0 Å². The molecule has 0 spiro atoms. The number of hydrogen-bond donors (Lipinski definition) is 1. The number of amides is 2. The predicted octanol–water partition coefficient (Wildman–Crippen LogP) is 3.51. The van der Waals surface area contributed by atoms with Gasteiger partial charge in [0, 0.05) is 25.6 Å². The molecule has 0 radical (unpaired) electrons. The Bertz CT molecular complexity index is 837. The molecular weight excluding hydrogens is 379 g/mol. The van der Waals surface area contributed by atoms with E-state index in [0.29, 0.717) is 32.8 Å². The maximum atomic E-state index is 12.3. The summed E-state index contributed by atoms with van der Waals surface area (Å²) in [6, 6.07) is 9.96. The molecule has 1 aliphatic rings. The number of hydrogen-bond acceptors (Lipinski definition) is 4. The van der Waals surface area contributed by atoms with Crippen molar-refractivity contribution in [3.63, 3.8) is 0 Å². The first-order valence-electron chi connectivity index (χ1n) is 7.87. The zero-order chi connectivity index (χ0) is 18.7. The molecule has 0 bridgehead atoms. The van der Waals surface area contributed by atoms with E-state index in [0.717, 1.165) is 0 Å². The number of nitrogens with zero attached hydrogens (tertiary/aromatic N) is 1. The predicted molar refractivity (Wildman–Crippen MR) is 99.4 cm³/mol. The fourth-order valence-corrected chi connectivity index (χ4v) is 3.20. The number of nitrogens with one attached hydrogen (secondary N) is 1. The Hall–Kier alpha value is -2.44. The van der Waals surface area contributed by atoms with Gasteiger partial charge < -0.3 is 19.7 Å². The van der Waals surface area contributed by atoms with Crippen molar-refractivity contribution in [3.05, 3.63) is 52.0 Å². The van der Waals surface area contributed by atoms with Crippen molar-refractivity contribution in [2.75, 3.05) is 24.8 Å². The molecule has 0 unspecified atom stereocenters. The minimum Gasteiger partial charge on any atom is -0.454 e. The molecule has 136 valence electrons. The highest BCUT2D eigenvalue weighted by atomic mass is 35.5. The molecule has 26 heavy (non-hydrogen) atoms. The second-order valence-corrected chi connectivity index (χ2v) is 6.38. The smallest absolute Gasteiger partial charge is 0.251 e. The van der Waals surface area contributed by atoms with Crippen LogP contribution in [0, 0.1) is 0 Å². The van der Waals surface area contributed by atoms with Crippen LogP contribution in [0.5, 0.6) is 11.5 Å². The second kappa shape index (κ2) is 7.85. The van der Waals surface area contributed by atoms with Gasteiger partial charge in [0.2, 0.25) is 12.7 Å². The highest BCUT2D eigenvalue weighted by Gasteiger charge is 2.19. The Morgan fingerprint density at radius 1 is 1.12 bits per heavy atom. The molecule has 6 nitrogen and oxygen atoms in total. The third-order valence-electron chi connectivity index (χ3n) is 3.84. The van der Waals surface area contributed by atoms with Gasteiger partial charge in [-0.25, -0.2) is 0 Å². The molecule has 2 amide bonds. The standard InChI is InChI=1S/C18H16Cl2N2O4/c1-11(23)22(17-13(19)3-2-4-14(17)20)8-7-21-18(24)12-5-6-15-16(9-12)26-10-25-15/h2-6,9H,7-8,10H2,1H3,(H,21,24). The van der Waals surface area contributed by atoms with Gasteiger partial charge in [-0.1, -0.05) is 29.3 Å². The first-order valence-corrected chi connectivity index (χ1v) is 8.63. The summed E-state index contributed by atoms with van der Waals surface area (Å²) < 4.78 is 10.5. The summed E-state index contributed by atoms with van der Waals surface area (Å²) in [7, 11) is 0. The molecule has 1 aliphatic heterocycles. The summed E-state index contributed by atoms with van der Waals surface area (Å²) in [4.78, 5) is 25.7. The van der Waals surface area contributed by atoms with Gasteiger partial charge in [0.1, 0.15) is 0 Å². The first-order chi connectivity index (χ1) is 12.5. The lowest BCUT2D eigenvalue weighted by atomic mass is 10.2. The summed E-state index contributed by atoms with van der Waals surface area (Å²) in [6.45, 7) is 2.02. The lowest BCUT2D eigenvalue weighted by Crippen LogP contribution is -2.37. The Balaban J connectivity index is 1.65. The number of anilines is 1. The van der Waals surface area contributed by atoms with E-state index in [2.05, 4.69) is 5.32 Å². The minimum absolute atomic E-state index is 0.145. The Morgan fingerprint density at radius 3 is 2.50 bits per heavy atom. The molecule has 0 atom stereocenters. The van der Waals surface area contributed by atoms with E-state index in [-0.39, 0.29) is 31.7 Å². The van der Waals surface area contributed by atoms with Crippen molar-refractivity contribution in [3.8, 4) is 11.5 Å². The van der Waals surface area contributed by atoms with E-state index < -0.39 is 0 Å². The number of benzene rings is 2. The van der Waals surface area contributed by atoms with E-state index in [1.807, 2.05) is 0 Å². The van der Waals surface area contributed by atoms with Crippen LogP contribution in [0.4, 0.5) is 5.69 Å². The number of carbonyl (C=O) groups excluding carboxylic acids is 2. The quantitative estimate of drug-likeness (QED) is 0.842. The molecular formula is C18H16Cl2N2O4. The molecule has 1 heterocycles. The summed E-state index contributed by atoms with van der Waals surface area (Å²) in [5.41, 5.74) is 0.875. The molecule has 2 aromatic rings. The van der Waals surface area contributed by atoms with Crippen LogP contribution in [0.3, 0.4) is 0 Å². The maximum Gasteiger partial charge on any atom is 0.251 e. The van der Waals surface area contributed by atoms with Crippen LogP contribution in [0.25, 0.3) is 0 Å². The van der Waals surface area contributed by atoms with Gasteiger partial charge in [-0.15, -0.1) is 0 Å². The average molecular weight is 395 g/mol. The number of halogens is 2. The molecule has 0 fully saturated rings. The van der Waals surface area contributed by atoms with Crippen LogP contribution in [0.2, 0.25) is 10.0 Å². The van der Waals surface area contributed by atoms with Crippen molar-refractivity contribution < 1.29 is 19.1 Å². The van der Waals surface area contributed by atoms with E-state index in [4.69, 9.17) is 32.7 Å². The normalized spacial score (nSPS) is 12.0. The van der Waals surface area contributed by atoms with Gasteiger partial charge in [0.05, 0.1) is 15.7 Å². The highest BCUT2D eigenvalue weighted by Crippen LogP contribution is 2.34. The number of fused-ring (bicyclic) bond motifs is 1. The summed E-state index contributed by atoms with van der Waals surface area (Å²) in [5, 5.41) is 3.51.